The van der Waals surface area contributed by atoms with E-state index < -0.39 is 0 Å². The zero-order valence-corrected chi connectivity index (χ0v) is 10.3. The van der Waals surface area contributed by atoms with Gasteiger partial charge in [0, 0.05) is 10.7 Å². The third-order valence-corrected chi connectivity index (χ3v) is 2.87. The summed E-state index contributed by atoms with van der Waals surface area (Å²) in [5, 5.41) is 2.82. The Kier molecular flexibility index (Phi) is 3.10. The number of aryl methyl sites for hydroxylation is 1. The Bertz CT molecular complexity index is 506. The van der Waals surface area contributed by atoms with E-state index in [9.17, 15) is 4.79 Å². The van der Waals surface area contributed by atoms with Gasteiger partial charge in [0.1, 0.15) is 5.69 Å². The lowest BCUT2D eigenvalue weighted by Crippen LogP contribution is -2.12. The molecule has 1 aromatic heterocycles. The van der Waals surface area contributed by atoms with Crippen molar-refractivity contribution in [3.05, 3.63) is 52.3 Å². The van der Waals surface area contributed by atoms with Gasteiger partial charge in [-0.05, 0) is 52.7 Å². The molecule has 2 rings (SSSR count). The largest absolute Gasteiger partial charge is 0.357 e. The van der Waals surface area contributed by atoms with Gasteiger partial charge in [0.15, 0.2) is 0 Å². The number of rotatable bonds is 2. The van der Waals surface area contributed by atoms with Gasteiger partial charge < -0.3 is 10.3 Å². The highest BCUT2D eigenvalue weighted by Crippen LogP contribution is 2.23. The molecule has 2 aromatic rings. The lowest BCUT2D eigenvalue weighted by molar-refractivity contribution is 0.102. The number of hydrogen-bond acceptors (Lipinski definition) is 1. The van der Waals surface area contributed by atoms with E-state index in [0.717, 1.165) is 15.7 Å². The number of amides is 1. The van der Waals surface area contributed by atoms with Crippen molar-refractivity contribution in [3.8, 4) is 0 Å². The number of H-pyrrole nitrogens is 1. The maximum Gasteiger partial charge on any atom is 0.272 e. The average molecular weight is 279 g/mol. The highest BCUT2D eigenvalue weighted by molar-refractivity contribution is 9.10. The molecule has 0 aliphatic carbocycles. The van der Waals surface area contributed by atoms with Gasteiger partial charge in [0.2, 0.25) is 0 Å². The summed E-state index contributed by atoms with van der Waals surface area (Å²) < 4.78 is 0.882. The molecule has 4 heteroatoms. The predicted octanol–water partition coefficient (Wildman–Crippen LogP) is 3.34. The summed E-state index contributed by atoms with van der Waals surface area (Å²) in [5.74, 6) is -0.144. The van der Waals surface area contributed by atoms with Crippen molar-refractivity contribution in [2.24, 2.45) is 0 Å². The first-order valence-corrected chi connectivity index (χ1v) is 5.67. The molecule has 2 N–H and O–H groups in total. The van der Waals surface area contributed by atoms with Crippen LogP contribution in [0.4, 0.5) is 5.69 Å². The van der Waals surface area contributed by atoms with E-state index in [2.05, 4.69) is 26.2 Å². The molecule has 16 heavy (non-hydrogen) atoms. The first-order valence-electron chi connectivity index (χ1n) is 4.88. The number of halogens is 1. The number of benzene rings is 1. The normalized spacial score (nSPS) is 10.1. The van der Waals surface area contributed by atoms with Crippen molar-refractivity contribution in [2.45, 2.75) is 6.92 Å². The summed E-state index contributed by atoms with van der Waals surface area (Å²) in [6.07, 6.45) is 1.72. The molecule has 0 unspecified atom stereocenters. The van der Waals surface area contributed by atoms with E-state index in [-0.39, 0.29) is 5.91 Å². The highest BCUT2D eigenvalue weighted by atomic mass is 79.9. The third-order valence-electron chi connectivity index (χ3n) is 2.22. The molecule has 0 spiro atoms. The summed E-state index contributed by atoms with van der Waals surface area (Å²) in [6.45, 7) is 2.00. The van der Waals surface area contributed by atoms with Crippen molar-refractivity contribution in [1.82, 2.24) is 4.98 Å². The zero-order valence-electron chi connectivity index (χ0n) is 8.75. The van der Waals surface area contributed by atoms with Crippen LogP contribution in [0.2, 0.25) is 0 Å². The lowest BCUT2D eigenvalue weighted by atomic mass is 10.2. The van der Waals surface area contributed by atoms with Crippen molar-refractivity contribution >= 4 is 27.5 Å². The SMILES string of the molecule is Cc1ccc(NC(=O)c2ccc[nH]2)c(Br)c1. The van der Waals surface area contributed by atoms with Crippen LogP contribution in [-0.2, 0) is 0 Å². The fourth-order valence-electron chi connectivity index (χ4n) is 1.38. The van der Waals surface area contributed by atoms with E-state index in [1.807, 2.05) is 25.1 Å². The van der Waals surface area contributed by atoms with Gasteiger partial charge in [0.25, 0.3) is 5.91 Å². The molecule has 0 radical (unpaired) electrons. The number of carbonyl (C=O) groups is 1. The van der Waals surface area contributed by atoms with Crippen LogP contribution in [0, 0.1) is 6.92 Å². The fourth-order valence-corrected chi connectivity index (χ4v) is 1.98. The van der Waals surface area contributed by atoms with Crippen LogP contribution in [-0.4, -0.2) is 10.9 Å². The summed E-state index contributed by atoms with van der Waals surface area (Å²) in [7, 11) is 0. The molecule has 3 nitrogen and oxygen atoms in total. The molecular weight excluding hydrogens is 268 g/mol. The lowest BCUT2D eigenvalue weighted by Gasteiger charge is -2.06. The average Bonchev–Trinajstić information content (AvgIpc) is 2.75. The Morgan fingerprint density at radius 3 is 2.81 bits per heavy atom. The van der Waals surface area contributed by atoms with Gasteiger partial charge in [0.05, 0.1) is 5.69 Å². The molecular formula is C12H11BrN2O. The number of nitrogens with one attached hydrogen (secondary N) is 2. The second-order valence-corrected chi connectivity index (χ2v) is 4.38. The summed E-state index contributed by atoms with van der Waals surface area (Å²) in [5.41, 5.74) is 2.46. The Balaban J connectivity index is 2.18. The Morgan fingerprint density at radius 1 is 1.38 bits per heavy atom. The standard InChI is InChI=1S/C12H11BrN2O/c1-8-4-5-10(9(13)7-8)15-12(16)11-3-2-6-14-11/h2-7,14H,1H3,(H,15,16). The molecule has 0 aliphatic heterocycles. The maximum atomic E-state index is 11.7. The summed E-state index contributed by atoms with van der Waals surface area (Å²) >= 11 is 3.41. The second-order valence-electron chi connectivity index (χ2n) is 3.52. The number of aromatic nitrogens is 1. The Labute approximate surface area is 102 Å². The van der Waals surface area contributed by atoms with Crippen LogP contribution in [0.15, 0.2) is 41.0 Å². The second kappa shape index (κ2) is 4.53. The van der Waals surface area contributed by atoms with Gasteiger partial charge in [-0.15, -0.1) is 0 Å². The maximum absolute atomic E-state index is 11.7. The van der Waals surface area contributed by atoms with Crippen molar-refractivity contribution in [1.29, 1.82) is 0 Å². The fraction of sp³-hybridized carbons (Fsp3) is 0.0833. The molecule has 1 aromatic carbocycles. The smallest absolute Gasteiger partial charge is 0.272 e. The van der Waals surface area contributed by atoms with E-state index >= 15 is 0 Å². The number of aromatic amines is 1. The van der Waals surface area contributed by atoms with Crippen molar-refractivity contribution in [2.75, 3.05) is 5.32 Å². The van der Waals surface area contributed by atoms with Gasteiger partial charge in [-0.3, -0.25) is 4.79 Å². The Morgan fingerprint density at radius 2 is 2.19 bits per heavy atom. The molecule has 0 saturated heterocycles. The molecule has 82 valence electrons. The number of carbonyl (C=O) groups excluding carboxylic acids is 1. The number of anilines is 1. The molecule has 0 fully saturated rings. The minimum atomic E-state index is -0.144. The topological polar surface area (TPSA) is 44.9 Å². The molecule has 1 amide bonds. The summed E-state index contributed by atoms with van der Waals surface area (Å²) in [4.78, 5) is 14.6. The van der Waals surface area contributed by atoms with E-state index in [1.54, 1.807) is 18.3 Å². The molecule has 0 atom stereocenters. The highest BCUT2D eigenvalue weighted by Gasteiger charge is 2.08. The predicted molar refractivity (Wildman–Crippen MR) is 67.6 cm³/mol. The van der Waals surface area contributed by atoms with Crippen LogP contribution in [0.25, 0.3) is 0 Å². The van der Waals surface area contributed by atoms with Crippen LogP contribution < -0.4 is 5.32 Å². The quantitative estimate of drug-likeness (QED) is 0.870. The summed E-state index contributed by atoms with van der Waals surface area (Å²) in [6, 6.07) is 9.32. The minimum absolute atomic E-state index is 0.144. The molecule has 1 heterocycles. The van der Waals surface area contributed by atoms with Crippen LogP contribution >= 0.6 is 15.9 Å². The van der Waals surface area contributed by atoms with E-state index in [0.29, 0.717) is 5.69 Å². The third kappa shape index (κ3) is 2.33. The molecule has 0 saturated carbocycles. The van der Waals surface area contributed by atoms with Crippen LogP contribution in [0.3, 0.4) is 0 Å². The monoisotopic (exact) mass is 278 g/mol. The molecule has 0 bridgehead atoms. The molecule has 0 aliphatic rings. The van der Waals surface area contributed by atoms with Gasteiger partial charge >= 0.3 is 0 Å². The van der Waals surface area contributed by atoms with Gasteiger partial charge in [-0.25, -0.2) is 0 Å². The van der Waals surface area contributed by atoms with E-state index in [1.165, 1.54) is 0 Å². The minimum Gasteiger partial charge on any atom is -0.357 e. The van der Waals surface area contributed by atoms with Crippen molar-refractivity contribution < 1.29 is 4.79 Å². The first kappa shape index (κ1) is 11.0. The zero-order chi connectivity index (χ0) is 11.5. The number of hydrogen-bond donors (Lipinski definition) is 2. The van der Waals surface area contributed by atoms with Crippen LogP contribution in [0.5, 0.6) is 0 Å². The van der Waals surface area contributed by atoms with Gasteiger partial charge in [-0.1, -0.05) is 6.07 Å². The first-order chi connectivity index (χ1) is 7.66. The Hall–Kier alpha value is -1.55. The van der Waals surface area contributed by atoms with Crippen LogP contribution in [0.1, 0.15) is 16.1 Å². The van der Waals surface area contributed by atoms with Gasteiger partial charge in [-0.2, -0.15) is 0 Å². The van der Waals surface area contributed by atoms with E-state index in [4.69, 9.17) is 0 Å². The van der Waals surface area contributed by atoms with Crippen molar-refractivity contribution in [3.63, 3.8) is 0 Å².